The minimum atomic E-state index is -0.632. The maximum atomic E-state index is 9.50. The average molecular weight is 1030 g/mol. The molecular formula is C73H58N2O4. The van der Waals surface area contributed by atoms with Gasteiger partial charge in [-0.2, -0.15) is 0 Å². The van der Waals surface area contributed by atoms with Crippen molar-refractivity contribution in [3.8, 4) is 84.3 Å². The first-order valence-electron chi connectivity index (χ1n) is 26.5. The highest BCUT2D eigenvalue weighted by molar-refractivity contribution is 6.13. The van der Waals surface area contributed by atoms with Crippen LogP contribution in [-0.2, 0) is 0 Å². The largest absolute Gasteiger partial charge is 0.508 e. The third-order valence-corrected chi connectivity index (χ3v) is 14.6. The predicted octanol–water partition coefficient (Wildman–Crippen LogP) is 19.4. The van der Waals surface area contributed by atoms with E-state index in [1.54, 1.807) is 6.92 Å². The van der Waals surface area contributed by atoms with E-state index in [1.807, 2.05) is 13.8 Å². The number of hydrogen-bond acceptors (Lipinski definition) is 4. The summed E-state index contributed by atoms with van der Waals surface area (Å²) in [6, 6.07) is 89.8. The lowest BCUT2D eigenvalue weighted by Gasteiger charge is -2.13. The Labute approximate surface area is 460 Å². The van der Waals surface area contributed by atoms with Gasteiger partial charge in [0.1, 0.15) is 5.76 Å². The monoisotopic (exact) mass is 1030 g/mol. The molecular weight excluding hydrogens is 969 g/mol. The molecule has 4 N–H and O–H groups in total. The van der Waals surface area contributed by atoms with Crippen LogP contribution in [0.1, 0.15) is 25.0 Å². The number of phenols is 3. The van der Waals surface area contributed by atoms with E-state index in [0.717, 1.165) is 11.4 Å². The smallest absolute Gasteiger partial charge is 0.201 e. The van der Waals surface area contributed by atoms with Crippen LogP contribution in [0, 0.1) is 6.92 Å². The van der Waals surface area contributed by atoms with Crippen molar-refractivity contribution >= 4 is 49.2 Å². The molecule has 384 valence electrons. The van der Waals surface area contributed by atoms with Crippen LogP contribution in [-0.4, -0.2) is 29.6 Å². The number of aryl methyl sites for hydroxylation is 1. The molecule has 13 rings (SSSR count). The minimum absolute atomic E-state index is 0.0888. The molecule has 2 aromatic heterocycles. The van der Waals surface area contributed by atoms with Gasteiger partial charge in [0.05, 0.1) is 22.1 Å². The Balaban J connectivity index is 0.000000337. The van der Waals surface area contributed by atoms with Gasteiger partial charge in [-0.25, -0.2) is 0 Å². The van der Waals surface area contributed by atoms with Crippen LogP contribution in [0.4, 0.5) is 0 Å². The number of aromatic nitrogens is 2. The maximum Gasteiger partial charge on any atom is 0.201 e. The number of rotatable bonds is 9. The lowest BCUT2D eigenvalue weighted by Crippen LogP contribution is -1.96. The Kier molecular flexibility index (Phi) is 14.0. The van der Waals surface area contributed by atoms with Crippen molar-refractivity contribution in [2.24, 2.45) is 0 Å². The SMILES string of the molecule is C=C(O)C(=C)c1cc(C)c(O)c(O)c1O.CC.c1ccc(-c2ccc3c(c2)c2cc(-c4ccccc4)ccc2n3-c2cccc(-c3cccc(-n4c5ccc(-c6ccccc6)cc5c5cc(-c6ccccc6)ccc54)c3)c2)cc1. The minimum Gasteiger partial charge on any atom is -0.508 e. The molecule has 6 nitrogen and oxygen atoms in total. The van der Waals surface area contributed by atoms with Crippen molar-refractivity contribution in [1.29, 1.82) is 0 Å². The van der Waals surface area contributed by atoms with Gasteiger partial charge in [0.15, 0.2) is 11.5 Å². The molecule has 0 aliphatic heterocycles. The summed E-state index contributed by atoms with van der Waals surface area (Å²) in [4.78, 5) is 0. The lowest BCUT2D eigenvalue weighted by atomic mass is 10.0. The zero-order valence-corrected chi connectivity index (χ0v) is 44.3. The zero-order chi connectivity index (χ0) is 54.7. The van der Waals surface area contributed by atoms with Crippen LogP contribution in [0.3, 0.4) is 0 Å². The normalized spacial score (nSPS) is 11.0. The molecule has 0 amide bonds. The van der Waals surface area contributed by atoms with Gasteiger partial charge >= 0.3 is 0 Å². The average Bonchev–Trinajstić information content (AvgIpc) is 4.03. The van der Waals surface area contributed by atoms with Crippen LogP contribution >= 0.6 is 0 Å². The van der Waals surface area contributed by atoms with E-state index in [2.05, 4.69) is 265 Å². The van der Waals surface area contributed by atoms with Gasteiger partial charge in [-0.3, -0.25) is 0 Å². The Bertz CT molecular complexity index is 3970. The predicted molar refractivity (Wildman–Crippen MR) is 331 cm³/mol. The molecule has 11 aromatic carbocycles. The first kappa shape index (κ1) is 50.8. The summed E-state index contributed by atoms with van der Waals surface area (Å²) in [5, 5.41) is 42.2. The van der Waals surface area contributed by atoms with Gasteiger partial charge in [0, 0.05) is 44.1 Å². The van der Waals surface area contributed by atoms with Crippen LogP contribution in [0.2, 0.25) is 0 Å². The highest BCUT2D eigenvalue weighted by Gasteiger charge is 2.20. The second-order valence-corrected chi connectivity index (χ2v) is 19.4. The lowest BCUT2D eigenvalue weighted by molar-refractivity contribution is 0.365. The quantitative estimate of drug-likeness (QED) is 0.0659. The summed E-state index contributed by atoms with van der Waals surface area (Å²) >= 11 is 0. The number of benzene rings is 11. The molecule has 0 bridgehead atoms. The van der Waals surface area contributed by atoms with Gasteiger partial charge in [0.25, 0.3) is 0 Å². The standard InChI is InChI=1S/C60H40N2.C11H12O4.C2H6/c1-5-15-41(16-6-1)47-27-31-57-53(37-47)54-38-48(42-17-7-2-8-18-42)28-32-58(54)61(57)51-25-13-23-45(35-51)46-24-14-26-52(36-46)62-59-33-29-49(43-19-9-3-10-20-43)39-55(59)56-40-50(30-34-60(56)62)44-21-11-4-12-22-44;1-5-4-8(6(2)7(3)12)10(14)11(15)9(5)13;1-2/h1-40H;4,12-15H,2-3H2,1H3;1-2H3. The maximum absolute atomic E-state index is 9.50. The fourth-order valence-electron chi connectivity index (χ4n) is 10.7. The molecule has 0 aliphatic carbocycles. The number of nitrogens with zero attached hydrogens (tertiary/aromatic N) is 2. The van der Waals surface area contributed by atoms with Gasteiger partial charge in [-0.1, -0.05) is 197 Å². The molecule has 0 spiro atoms. The van der Waals surface area contributed by atoms with Crippen molar-refractivity contribution < 1.29 is 20.4 Å². The number of phenolic OH excluding ortho intramolecular Hbond substituents is 3. The molecule has 0 aliphatic rings. The van der Waals surface area contributed by atoms with Gasteiger partial charge in [-0.15, -0.1) is 0 Å². The first-order chi connectivity index (χ1) is 38.6. The molecule has 0 atom stereocenters. The summed E-state index contributed by atoms with van der Waals surface area (Å²) in [6.45, 7) is 12.3. The molecule has 0 saturated heterocycles. The van der Waals surface area contributed by atoms with E-state index in [0.29, 0.717) is 5.56 Å². The van der Waals surface area contributed by atoms with Crippen LogP contribution in [0.5, 0.6) is 17.2 Å². The van der Waals surface area contributed by atoms with Gasteiger partial charge < -0.3 is 29.6 Å². The molecule has 0 unspecified atom stereocenters. The Morgan fingerprint density at radius 3 is 0.911 bits per heavy atom. The molecule has 0 fully saturated rings. The van der Waals surface area contributed by atoms with E-state index in [-0.39, 0.29) is 16.9 Å². The molecule has 79 heavy (non-hydrogen) atoms. The topological polar surface area (TPSA) is 90.8 Å². The van der Waals surface area contributed by atoms with E-state index < -0.39 is 17.2 Å². The zero-order valence-electron chi connectivity index (χ0n) is 44.3. The van der Waals surface area contributed by atoms with Crippen molar-refractivity contribution in [2.45, 2.75) is 20.8 Å². The van der Waals surface area contributed by atoms with Gasteiger partial charge in [0.2, 0.25) is 5.75 Å². The molecule has 2 heterocycles. The number of aromatic hydroxyl groups is 3. The van der Waals surface area contributed by atoms with Crippen LogP contribution in [0.25, 0.3) is 116 Å². The number of allylic oxidation sites excluding steroid dienone is 1. The third-order valence-electron chi connectivity index (χ3n) is 14.6. The summed E-state index contributed by atoms with van der Waals surface area (Å²) in [5.41, 5.74) is 19.6. The number of aliphatic hydroxyl groups is 1. The Morgan fingerprint density at radius 2 is 0.608 bits per heavy atom. The highest BCUT2D eigenvalue weighted by atomic mass is 16.3. The van der Waals surface area contributed by atoms with E-state index in [1.165, 1.54) is 105 Å². The number of aliphatic hydroxyl groups excluding tert-OH is 1. The van der Waals surface area contributed by atoms with Crippen molar-refractivity contribution in [3.63, 3.8) is 0 Å². The fourth-order valence-corrected chi connectivity index (χ4v) is 10.7. The van der Waals surface area contributed by atoms with E-state index in [4.69, 9.17) is 5.11 Å². The number of fused-ring (bicyclic) bond motifs is 6. The van der Waals surface area contributed by atoms with Gasteiger partial charge in [-0.05, 0) is 147 Å². The second-order valence-electron chi connectivity index (χ2n) is 19.4. The summed E-state index contributed by atoms with van der Waals surface area (Å²) in [7, 11) is 0. The van der Waals surface area contributed by atoms with Crippen molar-refractivity contribution in [1.82, 2.24) is 9.13 Å². The van der Waals surface area contributed by atoms with E-state index >= 15 is 0 Å². The molecule has 0 saturated carbocycles. The van der Waals surface area contributed by atoms with Crippen LogP contribution < -0.4 is 0 Å². The fraction of sp³-hybridized carbons (Fsp3) is 0.0411. The molecule has 13 aromatic rings. The van der Waals surface area contributed by atoms with Crippen molar-refractivity contribution in [3.05, 3.63) is 279 Å². The number of hydrogen-bond donors (Lipinski definition) is 4. The van der Waals surface area contributed by atoms with E-state index in [9.17, 15) is 15.3 Å². The summed E-state index contributed by atoms with van der Waals surface area (Å²) < 4.78 is 4.87. The highest BCUT2D eigenvalue weighted by Crippen LogP contribution is 2.44. The summed E-state index contributed by atoms with van der Waals surface area (Å²) in [6.07, 6.45) is 0. The Morgan fingerprint density at radius 1 is 0.316 bits per heavy atom. The third kappa shape index (κ3) is 9.69. The van der Waals surface area contributed by atoms with Crippen molar-refractivity contribution in [2.75, 3.05) is 0 Å². The van der Waals surface area contributed by atoms with Crippen LogP contribution in [0.15, 0.2) is 268 Å². The molecule has 0 radical (unpaired) electrons. The molecule has 6 heteroatoms. The second kappa shape index (κ2) is 21.7. The Hall–Kier alpha value is -10.3. The first-order valence-corrected chi connectivity index (χ1v) is 26.5. The summed E-state index contributed by atoms with van der Waals surface area (Å²) in [5.74, 6) is -1.87.